The summed E-state index contributed by atoms with van der Waals surface area (Å²) in [5.74, 6) is -0.241. The van der Waals surface area contributed by atoms with Crippen molar-refractivity contribution in [3.63, 3.8) is 0 Å². The molecule has 0 saturated heterocycles. The Labute approximate surface area is 185 Å². The van der Waals surface area contributed by atoms with Crippen molar-refractivity contribution in [1.82, 2.24) is 35.0 Å². The first-order valence-corrected chi connectivity index (χ1v) is 10.8. The van der Waals surface area contributed by atoms with Crippen molar-refractivity contribution in [1.29, 1.82) is 0 Å². The van der Waals surface area contributed by atoms with Gasteiger partial charge in [-0.25, -0.2) is 14.3 Å². The maximum absolute atomic E-state index is 13.1. The largest absolute Gasteiger partial charge is 0.321 e. The molecule has 1 amide bonds. The fourth-order valence-electron chi connectivity index (χ4n) is 2.96. The Kier molecular flexibility index (Phi) is 5.56. The van der Waals surface area contributed by atoms with Gasteiger partial charge < -0.3 is 5.32 Å². The van der Waals surface area contributed by atoms with Crippen molar-refractivity contribution < 1.29 is 4.79 Å². The molecule has 0 aliphatic rings. The quantitative estimate of drug-likeness (QED) is 0.454. The lowest BCUT2D eigenvalue weighted by Crippen LogP contribution is -2.15. The number of pyridine rings is 1. The van der Waals surface area contributed by atoms with Gasteiger partial charge in [-0.3, -0.25) is 4.79 Å². The van der Waals surface area contributed by atoms with Crippen molar-refractivity contribution in [2.45, 2.75) is 36.9 Å². The molecule has 9 nitrogen and oxygen atoms in total. The van der Waals surface area contributed by atoms with E-state index in [9.17, 15) is 4.79 Å². The number of carbonyl (C=O) groups is 1. The van der Waals surface area contributed by atoms with Gasteiger partial charge in [0.15, 0.2) is 5.65 Å². The van der Waals surface area contributed by atoms with E-state index in [1.54, 1.807) is 17.9 Å². The monoisotopic (exact) mass is 486 g/mol. The van der Waals surface area contributed by atoms with Crippen LogP contribution in [0.3, 0.4) is 0 Å². The summed E-state index contributed by atoms with van der Waals surface area (Å²) in [6, 6.07) is 7.67. The molecule has 154 valence electrons. The van der Waals surface area contributed by atoms with Gasteiger partial charge in [0.2, 0.25) is 5.16 Å². The Morgan fingerprint density at radius 1 is 1.27 bits per heavy atom. The standard InChI is InChI=1S/C19H19BrN8OS/c1-10(2)28-17-12(9-21-28)7-14(11(3)22-17)18(29)23-15-8-13(20)5-6-16(15)30-19-24-25-26-27(19)4/h5-10H,1-4H3,(H,23,29). The molecule has 1 N–H and O–H groups in total. The molecule has 3 aromatic heterocycles. The number of hydrogen-bond acceptors (Lipinski definition) is 7. The lowest BCUT2D eigenvalue weighted by molar-refractivity contribution is 0.102. The topological polar surface area (TPSA) is 103 Å². The summed E-state index contributed by atoms with van der Waals surface area (Å²) >= 11 is 4.84. The average Bonchev–Trinajstić information content (AvgIpc) is 3.29. The van der Waals surface area contributed by atoms with Crippen LogP contribution < -0.4 is 5.32 Å². The van der Waals surface area contributed by atoms with Gasteiger partial charge >= 0.3 is 0 Å². The van der Waals surface area contributed by atoms with Crippen molar-refractivity contribution in [2.24, 2.45) is 7.05 Å². The minimum atomic E-state index is -0.241. The number of amides is 1. The van der Waals surface area contributed by atoms with Crippen LogP contribution in [0.15, 0.2) is 45.0 Å². The van der Waals surface area contributed by atoms with E-state index >= 15 is 0 Å². The van der Waals surface area contributed by atoms with Crippen molar-refractivity contribution in [3.8, 4) is 0 Å². The number of halogens is 1. The van der Waals surface area contributed by atoms with E-state index < -0.39 is 0 Å². The van der Waals surface area contributed by atoms with Crippen LogP contribution in [0, 0.1) is 6.92 Å². The summed E-state index contributed by atoms with van der Waals surface area (Å²) in [5.41, 5.74) is 2.57. The SMILES string of the molecule is Cc1nc2c(cnn2C(C)C)cc1C(=O)Nc1cc(Br)ccc1Sc1nnnn1C. The van der Waals surface area contributed by atoms with E-state index in [0.29, 0.717) is 22.1 Å². The molecule has 3 heterocycles. The fraction of sp³-hybridized carbons (Fsp3) is 0.263. The second-order valence-corrected chi connectivity index (χ2v) is 8.92. The number of aromatic nitrogens is 7. The zero-order valence-electron chi connectivity index (χ0n) is 16.8. The predicted molar refractivity (Wildman–Crippen MR) is 118 cm³/mol. The third kappa shape index (κ3) is 3.94. The number of rotatable bonds is 5. The smallest absolute Gasteiger partial charge is 0.257 e. The molecule has 0 spiro atoms. The number of anilines is 1. The lowest BCUT2D eigenvalue weighted by Gasteiger charge is -2.12. The van der Waals surface area contributed by atoms with Crippen molar-refractivity contribution >= 4 is 50.3 Å². The number of aryl methyl sites for hydroxylation is 2. The summed E-state index contributed by atoms with van der Waals surface area (Å²) in [6.45, 7) is 5.92. The number of nitrogens with zero attached hydrogens (tertiary/aromatic N) is 7. The van der Waals surface area contributed by atoms with Gasteiger partial charge in [0.1, 0.15) is 0 Å². The van der Waals surface area contributed by atoms with Gasteiger partial charge in [-0.15, -0.1) is 5.10 Å². The highest BCUT2D eigenvalue weighted by atomic mass is 79.9. The highest BCUT2D eigenvalue weighted by Crippen LogP contribution is 2.34. The maximum Gasteiger partial charge on any atom is 0.257 e. The van der Waals surface area contributed by atoms with Crippen LogP contribution >= 0.6 is 27.7 Å². The minimum Gasteiger partial charge on any atom is -0.321 e. The molecule has 11 heteroatoms. The molecule has 0 saturated carbocycles. The highest BCUT2D eigenvalue weighted by Gasteiger charge is 2.18. The molecule has 4 aromatic rings. The Morgan fingerprint density at radius 2 is 2.07 bits per heavy atom. The molecule has 0 bridgehead atoms. The van der Waals surface area contributed by atoms with E-state index in [1.165, 1.54) is 11.8 Å². The van der Waals surface area contributed by atoms with Crippen LogP contribution in [-0.2, 0) is 7.05 Å². The van der Waals surface area contributed by atoms with Crippen LogP contribution in [0.1, 0.15) is 35.9 Å². The highest BCUT2D eigenvalue weighted by molar-refractivity contribution is 9.10. The Hall–Kier alpha value is -2.79. The summed E-state index contributed by atoms with van der Waals surface area (Å²) in [6.07, 6.45) is 1.74. The Balaban J connectivity index is 1.66. The van der Waals surface area contributed by atoms with Crippen LogP contribution in [0.2, 0.25) is 0 Å². The molecular weight excluding hydrogens is 468 g/mol. The fourth-order valence-corrected chi connectivity index (χ4v) is 4.12. The van der Waals surface area contributed by atoms with E-state index in [4.69, 9.17) is 0 Å². The summed E-state index contributed by atoms with van der Waals surface area (Å²) in [7, 11) is 1.76. The molecule has 0 atom stereocenters. The van der Waals surface area contributed by atoms with Gasteiger partial charge in [-0.2, -0.15) is 5.10 Å². The Morgan fingerprint density at radius 3 is 2.77 bits per heavy atom. The number of carbonyl (C=O) groups excluding carboxylic acids is 1. The van der Waals surface area contributed by atoms with Gasteiger partial charge in [-0.05, 0) is 67.2 Å². The van der Waals surface area contributed by atoms with Gasteiger partial charge in [0.25, 0.3) is 5.91 Å². The van der Waals surface area contributed by atoms with Gasteiger partial charge in [0.05, 0.1) is 23.1 Å². The molecule has 0 fully saturated rings. The van der Waals surface area contributed by atoms with Crippen molar-refractivity contribution in [3.05, 3.63) is 46.2 Å². The Bertz CT molecular complexity index is 1250. The summed E-state index contributed by atoms with van der Waals surface area (Å²) < 4.78 is 4.27. The summed E-state index contributed by atoms with van der Waals surface area (Å²) in [4.78, 5) is 18.6. The maximum atomic E-state index is 13.1. The third-order valence-corrected chi connectivity index (χ3v) is 6.06. The van der Waals surface area contributed by atoms with E-state index in [0.717, 1.165) is 20.4 Å². The number of benzene rings is 1. The van der Waals surface area contributed by atoms with Crippen LogP contribution in [0.5, 0.6) is 0 Å². The molecule has 0 unspecified atom stereocenters. The first-order chi connectivity index (χ1) is 14.3. The zero-order valence-corrected chi connectivity index (χ0v) is 19.2. The van der Waals surface area contributed by atoms with Gasteiger partial charge in [0, 0.05) is 27.8 Å². The van der Waals surface area contributed by atoms with Crippen molar-refractivity contribution in [2.75, 3.05) is 5.32 Å². The molecule has 0 radical (unpaired) electrons. The number of tetrazole rings is 1. The van der Waals surface area contributed by atoms with Crippen LogP contribution in [-0.4, -0.2) is 40.9 Å². The van der Waals surface area contributed by atoms with Crippen LogP contribution in [0.4, 0.5) is 5.69 Å². The molecular formula is C19H19BrN8OS. The lowest BCUT2D eigenvalue weighted by atomic mass is 10.1. The minimum absolute atomic E-state index is 0.186. The first kappa shape index (κ1) is 20.5. The van der Waals surface area contributed by atoms with E-state index in [2.05, 4.69) is 46.9 Å². The normalized spacial score (nSPS) is 11.4. The average molecular weight is 487 g/mol. The van der Waals surface area contributed by atoms with Gasteiger partial charge in [-0.1, -0.05) is 15.9 Å². The third-order valence-electron chi connectivity index (χ3n) is 4.47. The molecule has 0 aliphatic heterocycles. The van der Waals surface area contributed by atoms with E-state index in [-0.39, 0.29) is 11.9 Å². The number of fused-ring (bicyclic) bond motifs is 1. The predicted octanol–water partition coefficient (Wildman–Crippen LogP) is 4.01. The second-order valence-electron chi connectivity index (χ2n) is 7.00. The zero-order chi connectivity index (χ0) is 21.4. The summed E-state index contributed by atoms with van der Waals surface area (Å²) in [5, 5.41) is 20.3. The number of nitrogens with one attached hydrogen (secondary N) is 1. The molecule has 0 aliphatic carbocycles. The van der Waals surface area contributed by atoms with Crippen LogP contribution in [0.25, 0.3) is 11.0 Å². The van der Waals surface area contributed by atoms with E-state index in [1.807, 2.05) is 49.7 Å². The second kappa shape index (κ2) is 8.15. The molecule has 30 heavy (non-hydrogen) atoms. The first-order valence-electron chi connectivity index (χ1n) is 9.19. The molecule has 1 aromatic carbocycles. The number of hydrogen-bond donors (Lipinski definition) is 1. The molecule has 4 rings (SSSR count).